The number of nitrogens with two attached hydrogens (primary N) is 1. The number of anilines is 1. The van der Waals surface area contributed by atoms with Crippen LogP contribution >= 0.6 is 0 Å². The summed E-state index contributed by atoms with van der Waals surface area (Å²) in [4.78, 5) is 15.3. The SMILES string of the molecule is Nc1c(-c2ccccc2)c[nH]c1C(=O)NCCc1ccccc1. The molecule has 0 aliphatic heterocycles. The number of nitrogens with one attached hydrogen (secondary N) is 2. The minimum atomic E-state index is -0.180. The number of rotatable bonds is 5. The Kier molecular flexibility index (Phi) is 4.43. The highest BCUT2D eigenvalue weighted by Crippen LogP contribution is 2.28. The highest BCUT2D eigenvalue weighted by Gasteiger charge is 2.15. The number of carbonyl (C=O) groups excluding carboxylic acids is 1. The van der Waals surface area contributed by atoms with Crippen LogP contribution in [0, 0.1) is 0 Å². The van der Waals surface area contributed by atoms with Crippen LogP contribution in [-0.4, -0.2) is 17.4 Å². The fourth-order valence-electron chi connectivity index (χ4n) is 2.53. The molecule has 3 rings (SSSR count). The van der Waals surface area contributed by atoms with E-state index in [2.05, 4.69) is 10.3 Å². The van der Waals surface area contributed by atoms with Crippen LogP contribution in [0.1, 0.15) is 16.1 Å². The van der Waals surface area contributed by atoms with Crippen LogP contribution in [0.5, 0.6) is 0 Å². The van der Waals surface area contributed by atoms with Crippen LogP contribution in [0.4, 0.5) is 5.69 Å². The molecule has 4 heteroatoms. The van der Waals surface area contributed by atoms with Crippen molar-refractivity contribution in [2.75, 3.05) is 12.3 Å². The summed E-state index contributed by atoms with van der Waals surface area (Å²) >= 11 is 0. The van der Waals surface area contributed by atoms with Gasteiger partial charge in [-0.15, -0.1) is 0 Å². The van der Waals surface area contributed by atoms with Gasteiger partial charge >= 0.3 is 0 Å². The Bertz CT molecular complexity index is 779. The van der Waals surface area contributed by atoms with E-state index in [1.807, 2.05) is 60.7 Å². The Morgan fingerprint density at radius 3 is 2.35 bits per heavy atom. The van der Waals surface area contributed by atoms with Crippen molar-refractivity contribution in [2.24, 2.45) is 0 Å². The third-order valence-electron chi connectivity index (χ3n) is 3.77. The van der Waals surface area contributed by atoms with Gasteiger partial charge in [0, 0.05) is 18.3 Å². The first-order valence-electron chi connectivity index (χ1n) is 7.60. The lowest BCUT2D eigenvalue weighted by molar-refractivity contribution is 0.0950. The van der Waals surface area contributed by atoms with E-state index >= 15 is 0 Å². The number of hydrogen-bond acceptors (Lipinski definition) is 2. The summed E-state index contributed by atoms with van der Waals surface area (Å²) in [5, 5.41) is 2.90. The molecule has 1 amide bonds. The molecule has 116 valence electrons. The molecule has 0 saturated heterocycles. The van der Waals surface area contributed by atoms with Gasteiger partial charge in [-0.1, -0.05) is 60.7 Å². The zero-order valence-electron chi connectivity index (χ0n) is 12.8. The van der Waals surface area contributed by atoms with Crippen molar-refractivity contribution in [3.05, 3.63) is 78.1 Å². The Labute approximate surface area is 135 Å². The highest BCUT2D eigenvalue weighted by atomic mass is 16.1. The zero-order valence-corrected chi connectivity index (χ0v) is 12.8. The number of amides is 1. The molecule has 4 N–H and O–H groups in total. The van der Waals surface area contributed by atoms with Gasteiger partial charge in [0.15, 0.2) is 0 Å². The molecule has 0 aliphatic carbocycles. The molecule has 0 aliphatic rings. The second kappa shape index (κ2) is 6.83. The molecular formula is C19H19N3O. The van der Waals surface area contributed by atoms with E-state index in [0.717, 1.165) is 17.5 Å². The number of nitrogen functional groups attached to an aromatic ring is 1. The number of H-pyrrole nitrogens is 1. The topological polar surface area (TPSA) is 70.9 Å². The molecule has 4 nitrogen and oxygen atoms in total. The molecule has 0 spiro atoms. The molecule has 3 aromatic rings. The maximum absolute atomic E-state index is 12.3. The molecule has 0 unspecified atom stereocenters. The van der Waals surface area contributed by atoms with Gasteiger partial charge in [0.1, 0.15) is 5.69 Å². The fraction of sp³-hybridized carbons (Fsp3) is 0.105. The first-order chi connectivity index (χ1) is 11.3. The van der Waals surface area contributed by atoms with Gasteiger partial charge in [-0.25, -0.2) is 0 Å². The summed E-state index contributed by atoms with van der Waals surface area (Å²) in [6.07, 6.45) is 2.56. The third kappa shape index (κ3) is 3.43. The van der Waals surface area contributed by atoms with Crippen molar-refractivity contribution in [1.82, 2.24) is 10.3 Å². The van der Waals surface area contributed by atoms with Gasteiger partial charge in [-0.3, -0.25) is 4.79 Å². The van der Waals surface area contributed by atoms with Crippen molar-refractivity contribution >= 4 is 11.6 Å². The molecule has 0 radical (unpaired) electrons. The lowest BCUT2D eigenvalue weighted by Gasteiger charge is -2.05. The van der Waals surface area contributed by atoms with Crippen LogP contribution in [0.3, 0.4) is 0 Å². The maximum Gasteiger partial charge on any atom is 0.269 e. The minimum absolute atomic E-state index is 0.180. The second-order valence-corrected chi connectivity index (χ2v) is 5.35. The summed E-state index contributed by atoms with van der Waals surface area (Å²) in [6.45, 7) is 0.571. The lowest BCUT2D eigenvalue weighted by Crippen LogP contribution is -2.26. The van der Waals surface area contributed by atoms with Gasteiger partial charge in [0.25, 0.3) is 5.91 Å². The molecule has 2 aromatic carbocycles. The van der Waals surface area contributed by atoms with E-state index in [4.69, 9.17) is 5.73 Å². The van der Waals surface area contributed by atoms with Gasteiger partial charge in [0.2, 0.25) is 0 Å². The molecule has 0 bridgehead atoms. The van der Waals surface area contributed by atoms with E-state index in [0.29, 0.717) is 17.9 Å². The first kappa shape index (κ1) is 14.9. The van der Waals surface area contributed by atoms with Crippen LogP contribution in [0.15, 0.2) is 66.9 Å². The van der Waals surface area contributed by atoms with E-state index in [1.54, 1.807) is 6.20 Å². The largest absolute Gasteiger partial charge is 0.396 e. The summed E-state index contributed by atoms with van der Waals surface area (Å²) in [5.74, 6) is -0.180. The quantitative estimate of drug-likeness (QED) is 0.677. The minimum Gasteiger partial charge on any atom is -0.396 e. The predicted octanol–water partition coefficient (Wildman–Crippen LogP) is 3.24. The summed E-state index contributed by atoms with van der Waals surface area (Å²) in [5.41, 5.74) is 10.0. The molecule has 1 aromatic heterocycles. The van der Waals surface area contributed by atoms with Crippen LogP contribution in [0.2, 0.25) is 0 Å². The fourth-order valence-corrected chi connectivity index (χ4v) is 2.53. The number of benzene rings is 2. The van der Waals surface area contributed by atoms with Gasteiger partial charge in [-0.05, 0) is 17.5 Å². The number of hydrogen-bond donors (Lipinski definition) is 3. The van der Waals surface area contributed by atoms with Crippen molar-refractivity contribution in [1.29, 1.82) is 0 Å². The average molecular weight is 305 g/mol. The standard InChI is InChI=1S/C19H19N3O/c20-17-16(15-9-5-2-6-10-15)13-22-18(17)19(23)21-12-11-14-7-3-1-4-8-14/h1-10,13,22H,11-12,20H2,(H,21,23). The third-order valence-corrected chi connectivity index (χ3v) is 3.77. The number of aromatic amines is 1. The van der Waals surface area contributed by atoms with Crippen LogP contribution in [0.25, 0.3) is 11.1 Å². The predicted molar refractivity (Wildman–Crippen MR) is 93.1 cm³/mol. The van der Waals surface area contributed by atoms with Crippen LogP contribution < -0.4 is 11.1 Å². The molecule has 0 fully saturated rings. The lowest BCUT2D eigenvalue weighted by atomic mass is 10.1. The zero-order chi connectivity index (χ0) is 16.1. The van der Waals surface area contributed by atoms with E-state index in [-0.39, 0.29) is 5.91 Å². The Hall–Kier alpha value is -3.01. The molecule has 1 heterocycles. The second-order valence-electron chi connectivity index (χ2n) is 5.35. The smallest absolute Gasteiger partial charge is 0.269 e. The maximum atomic E-state index is 12.3. The van der Waals surface area contributed by atoms with Gasteiger partial charge in [0.05, 0.1) is 5.69 Å². The average Bonchev–Trinajstić information content (AvgIpc) is 2.98. The summed E-state index contributed by atoms with van der Waals surface area (Å²) in [7, 11) is 0. The molecule has 23 heavy (non-hydrogen) atoms. The number of carbonyl (C=O) groups is 1. The van der Waals surface area contributed by atoms with Crippen molar-refractivity contribution in [3.8, 4) is 11.1 Å². The highest BCUT2D eigenvalue weighted by molar-refractivity contribution is 6.01. The number of aromatic nitrogens is 1. The summed E-state index contributed by atoms with van der Waals surface area (Å²) < 4.78 is 0. The van der Waals surface area contributed by atoms with Crippen molar-refractivity contribution < 1.29 is 4.79 Å². The molecular weight excluding hydrogens is 286 g/mol. The van der Waals surface area contributed by atoms with Crippen molar-refractivity contribution in [2.45, 2.75) is 6.42 Å². The monoisotopic (exact) mass is 305 g/mol. The normalized spacial score (nSPS) is 10.4. The summed E-state index contributed by atoms with van der Waals surface area (Å²) in [6, 6.07) is 19.8. The van der Waals surface area contributed by atoms with Crippen LogP contribution in [-0.2, 0) is 6.42 Å². The van der Waals surface area contributed by atoms with E-state index in [9.17, 15) is 4.79 Å². The van der Waals surface area contributed by atoms with Crippen molar-refractivity contribution in [3.63, 3.8) is 0 Å². The van der Waals surface area contributed by atoms with Gasteiger partial charge < -0.3 is 16.0 Å². The Morgan fingerprint density at radius 1 is 1.00 bits per heavy atom. The molecule has 0 atom stereocenters. The van der Waals surface area contributed by atoms with E-state index < -0.39 is 0 Å². The Morgan fingerprint density at radius 2 is 1.65 bits per heavy atom. The Balaban J connectivity index is 1.65. The first-order valence-corrected chi connectivity index (χ1v) is 7.60. The van der Waals surface area contributed by atoms with Gasteiger partial charge in [-0.2, -0.15) is 0 Å². The van der Waals surface area contributed by atoms with E-state index in [1.165, 1.54) is 5.56 Å². The molecule has 0 saturated carbocycles.